The third-order valence-corrected chi connectivity index (χ3v) is 2.80. The third-order valence-electron chi connectivity index (χ3n) is 2.80. The van der Waals surface area contributed by atoms with Gasteiger partial charge in [-0.1, -0.05) is 26.7 Å². The minimum Gasteiger partial charge on any atom is -0.467 e. The van der Waals surface area contributed by atoms with E-state index in [0.29, 0.717) is 13.0 Å². The SMILES string of the molecule is COC(=O)[C@@H](NC(=O)CCCCCCN)C(C)C. The summed E-state index contributed by atoms with van der Waals surface area (Å²) in [5, 5.41) is 2.72. The fourth-order valence-electron chi connectivity index (χ4n) is 1.65. The van der Waals surface area contributed by atoms with Crippen molar-refractivity contribution in [3.63, 3.8) is 0 Å². The summed E-state index contributed by atoms with van der Waals surface area (Å²) < 4.78 is 4.66. The van der Waals surface area contributed by atoms with E-state index in [0.717, 1.165) is 25.7 Å². The summed E-state index contributed by atoms with van der Waals surface area (Å²) >= 11 is 0. The molecule has 5 nitrogen and oxygen atoms in total. The Morgan fingerprint density at radius 1 is 1.17 bits per heavy atom. The average Bonchev–Trinajstić information content (AvgIpc) is 2.34. The fraction of sp³-hybridized carbons (Fsp3) is 0.846. The number of carbonyl (C=O) groups is 2. The Labute approximate surface area is 109 Å². The lowest BCUT2D eigenvalue weighted by atomic mass is 10.0. The van der Waals surface area contributed by atoms with E-state index in [2.05, 4.69) is 10.1 Å². The molecular weight excluding hydrogens is 232 g/mol. The lowest BCUT2D eigenvalue weighted by Crippen LogP contribution is -2.44. The number of methoxy groups -OCH3 is 1. The van der Waals surface area contributed by atoms with Crippen molar-refractivity contribution in [3.8, 4) is 0 Å². The molecule has 0 saturated heterocycles. The van der Waals surface area contributed by atoms with Crippen LogP contribution in [0.2, 0.25) is 0 Å². The molecule has 1 atom stereocenters. The van der Waals surface area contributed by atoms with E-state index in [1.807, 2.05) is 13.8 Å². The Hall–Kier alpha value is -1.10. The van der Waals surface area contributed by atoms with Crippen LogP contribution in [0, 0.1) is 5.92 Å². The average molecular weight is 258 g/mol. The second-order valence-electron chi connectivity index (χ2n) is 4.77. The van der Waals surface area contributed by atoms with E-state index in [9.17, 15) is 9.59 Å². The summed E-state index contributed by atoms with van der Waals surface area (Å²) in [6.07, 6.45) is 4.32. The van der Waals surface area contributed by atoms with Crippen LogP contribution in [-0.2, 0) is 14.3 Å². The quantitative estimate of drug-likeness (QED) is 0.481. The van der Waals surface area contributed by atoms with Crippen LogP contribution in [0.4, 0.5) is 0 Å². The number of esters is 1. The number of unbranched alkanes of at least 4 members (excludes halogenated alkanes) is 3. The molecule has 0 rings (SSSR count). The summed E-state index contributed by atoms with van der Waals surface area (Å²) in [6, 6.07) is -0.549. The van der Waals surface area contributed by atoms with Gasteiger partial charge in [0.05, 0.1) is 7.11 Å². The van der Waals surface area contributed by atoms with Gasteiger partial charge < -0.3 is 15.8 Å². The van der Waals surface area contributed by atoms with Crippen molar-refractivity contribution in [2.24, 2.45) is 11.7 Å². The van der Waals surface area contributed by atoms with Gasteiger partial charge in [0.25, 0.3) is 0 Å². The molecule has 0 saturated carbocycles. The first-order chi connectivity index (χ1) is 8.52. The van der Waals surface area contributed by atoms with Gasteiger partial charge in [-0.05, 0) is 25.3 Å². The van der Waals surface area contributed by atoms with E-state index in [1.54, 1.807) is 0 Å². The zero-order valence-corrected chi connectivity index (χ0v) is 11.7. The number of amides is 1. The Bertz CT molecular complexity index is 255. The maximum atomic E-state index is 11.7. The standard InChI is InChI=1S/C13H26N2O3/c1-10(2)12(13(17)18-3)15-11(16)8-6-4-5-7-9-14/h10,12H,4-9,14H2,1-3H3,(H,15,16)/t12-/m0/s1. The Kier molecular flexibility index (Phi) is 9.28. The van der Waals surface area contributed by atoms with Crippen molar-refractivity contribution in [2.75, 3.05) is 13.7 Å². The predicted molar refractivity (Wildman–Crippen MR) is 70.9 cm³/mol. The van der Waals surface area contributed by atoms with Crippen LogP contribution in [-0.4, -0.2) is 31.6 Å². The van der Waals surface area contributed by atoms with E-state index in [-0.39, 0.29) is 17.8 Å². The van der Waals surface area contributed by atoms with Crippen LogP contribution in [0.5, 0.6) is 0 Å². The smallest absolute Gasteiger partial charge is 0.328 e. The van der Waals surface area contributed by atoms with Crippen LogP contribution in [0.25, 0.3) is 0 Å². The van der Waals surface area contributed by atoms with E-state index in [1.165, 1.54) is 7.11 Å². The first kappa shape index (κ1) is 16.9. The highest BCUT2D eigenvalue weighted by Gasteiger charge is 2.24. The lowest BCUT2D eigenvalue weighted by molar-refractivity contribution is -0.146. The number of nitrogens with two attached hydrogens (primary N) is 1. The molecule has 106 valence electrons. The molecule has 3 N–H and O–H groups in total. The molecule has 0 radical (unpaired) electrons. The van der Waals surface area contributed by atoms with E-state index < -0.39 is 6.04 Å². The lowest BCUT2D eigenvalue weighted by Gasteiger charge is -2.19. The van der Waals surface area contributed by atoms with Gasteiger partial charge >= 0.3 is 5.97 Å². The second kappa shape index (κ2) is 9.88. The van der Waals surface area contributed by atoms with Crippen molar-refractivity contribution < 1.29 is 14.3 Å². The van der Waals surface area contributed by atoms with Gasteiger partial charge in [-0.2, -0.15) is 0 Å². The molecule has 0 aromatic carbocycles. The summed E-state index contributed by atoms with van der Waals surface area (Å²) in [6.45, 7) is 4.45. The van der Waals surface area contributed by atoms with Crippen LogP contribution in [0.15, 0.2) is 0 Å². The zero-order chi connectivity index (χ0) is 14.0. The number of nitrogens with one attached hydrogen (secondary N) is 1. The molecule has 0 bridgehead atoms. The second-order valence-corrected chi connectivity index (χ2v) is 4.77. The van der Waals surface area contributed by atoms with Gasteiger partial charge in [-0.3, -0.25) is 4.79 Å². The summed E-state index contributed by atoms with van der Waals surface area (Å²) in [5.74, 6) is -0.452. The number of hydrogen-bond donors (Lipinski definition) is 2. The molecule has 1 amide bonds. The predicted octanol–water partition coefficient (Wildman–Crippen LogP) is 1.21. The van der Waals surface area contributed by atoms with E-state index in [4.69, 9.17) is 5.73 Å². The minimum atomic E-state index is -0.549. The Morgan fingerprint density at radius 2 is 1.78 bits per heavy atom. The van der Waals surface area contributed by atoms with Gasteiger partial charge in [-0.25, -0.2) is 4.79 Å². The van der Waals surface area contributed by atoms with E-state index >= 15 is 0 Å². The van der Waals surface area contributed by atoms with Gasteiger partial charge in [0.15, 0.2) is 0 Å². The molecule has 0 spiro atoms. The van der Waals surface area contributed by atoms with Crippen LogP contribution in [0.3, 0.4) is 0 Å². The molecule has 0 aliphatic carbocycles. The highest BCUT2D eigenvalue weighted by molar-refractivity contribution is 5.84. The normalized spacial score (nSPS) is 12.3. The molecule has 0 unspecified atom stereocenters. The molecule has 0 aliphatic heterocycles. The van der Waals surface area contributed by atoms with Crippen molar-refractivity contribution in [3.05, 3.63) is 0 Å². The molecule has 0 heterocycles. The van der Waals surface area contributed by atoms with Gasteiger partial charge in [0.1, 0.15) is 6.04 Å². The fourth-order valence-corrected chi connectivity index (χ4v) is 1.65. The first-order valence-corrected chi connectivity index (χ1v) is 6.60. The highest BCUT2D eigenvalue weighted by atomic mass is 16.5. The minimum absolute atomic E-state index is 0.0265. The van der Waals surface area contributed by atoms with Crippen molar-refractivity contribution in [1.29, 1.82) is 0 Å². The van der Waals surface area contributed by atoms with Crippen LogP contribution in [0.1, 0.15) is 46.0 Å². The molecule has 18 heavy (non-hydrogen) atoms. The van der Waals surface area contributed by atoms with Gasteiger partial charge in [-0.15, -0.1) is 0 Å². The molecule has 0 fully saturated rings. The van der Waals surface area contributed by atoms with Gasteiger partial charge in [0, 0.05) is 6.42 Å². The van der Waals surface area contributed by atoms with Gasteiger partial charge in [0.2, 0.25) is 5.91 Å². The molecule has 5 heteroatoms. The zero-order valence-electron chi connectivity index (χ0n) is 11.7. The maximum Gasteiger partial charge on any atom is 0.328 e. The number of hydrogen-bond acceptors (Lipinski definition) is 4. The third kappa shape index (κ3) is 7.27. The molecule has 0 aromatic heterocycles. The van der Waals surface area contributed by atoms with Crippen molar-refractivity contribution in [1.82, 2.24) is 5.32 Å². The first-order valence-electron chi connectivity index (χ1n) is 6.60. The summed E-state index contributed by atoms with van der Waals surface area (Å²) in [4.78, 5) is 23.1. The summed E-state index contributed by atoms with van der Waals surface area (Å²) in [7, 11) is 1.33. The molecule has 0 aliphatic rings. The Morgan fingerprint density at radius 3 is 2.28 bits per heavy atom. The monoisotopic (exact) mass is 258 g/mol. The number of rotatable bonds is 9. The molecular formula is C13H26N2O3. The highest BCUT2D eigenvalue weighted by Crippen LogP contribution is 2.06. The number of carbonyl (C=O) groups excluding carboxylic acids is 2. The van der Waals surface area contributed by atoms with Crippen LogP contribution >= 0.6 is 0 Å². The largest absolute Gasteiger partial charge is 0.467 e. The maximum absolute atomic E-state index is 11.7. The summed E-state index contributed by atoms with van der Waals surface area (Å²) in [5.41, 5.74) is 5.39. The Balaban J connectivity index is 3.92. The van der Waals surface area contributed by atoms with Crippen molar-refractivity contribution in [2.45, 2.75) is 52.0 Å². The van der Waals surface area contributed by atoms with Crippen LogP contribution < -0.4 is 11.1 Å². The number of ether oxygens (including phenoxy) is 1. The topological polar surface area (TPSA) is 81.4 Å². The van der Waals surface area contributed by atoms with Crippen molar-refractivity contribution >= 4 is 11.9 Å². The molecule has 0 aromatic rings.